The van der Waals surface area contributed by atoms with Crippen LogP contribution in [0.25, 0.3) is 0 Å². The molecule has 4 heteroatoms. The van der Waals surface area contributed by atoms with Gasteiger partial charge in [0.15, 0.2) is 0 Å². The maximum absolute atomic E-state index is 14.0. The van der Waals surface area contributed by atoms with E-state index in [2.05, 4.69) is 5.32 Å². The first-order valence-electron chi connectivity index (χ1n) is 7.30. The predicted octanol–water partition coefficient (Wildman–Crippen LogP) is 4.01. The summed E-state index contributed by atoms with van der Waals surface area (Å²) in [5.41, 5.74) is 3.65. The molecule has 0 aliphatic rings. The van der Waals surface area contributed by atoms with Gasteiger partial charge in [0, 0.05) is 25.3 Å². The fourth-order valence-electron chi connectivity index (χ4n) is 2.40. The number of nitrogens with zero attached hydrogens (tertiary/aromatic N) is 1. The van der Waals surface area contributed by atoms with Crippen LogP contribution in [0.15, 0.2) is 36.4 Å². The number of aryl methyl sites for hydroxylation is 2. The molecule has 0 aliphatic heterocycles. The largest absolute Gasteiger partial charge is 0.375 e. The molecule has 0 aliphatic carbocycles. The average Bonchev–Trinajstić information content (AvgIpc) is 2.48. The van der Waals surface area contributed by atoms with Crippen molar-refractivity contribution >= 4 is 17.3 Å². The molecule has 0 spiro atoms. The molecule has 1 N–H and O–H groups in total. The van der Waals surface area contributed by atoms with Crippen molar-refractivity contribution in [3.8, 4) is 0 Å². The Kier molecular flexibility index (Phi) is 4.81. The van der Waals surface area contributed by atoms with E-state index >= 15 is 0 Å². The van der Waals surface area contributed by atoms with Crippen LogP contribution in [0.1, 0.15) is 28.4 Å². The lowest BCUT2D eigenvalue weighted by molar-refractivity contribution is 0.102. The number of halogens is 1. The van der Waals surface area contributed by atoms with Crippen LogP contribution in [0.3, 0.4) is 0 Å². The minimum absolute atomic E-state index is 0.298. The maximum atomic E-state index is 14.0. The van der Waals surface area contributed by atoms with Gasteiger partial charge >= 0.3 is 0 Å². The topological polar surface area (TPSA) is 32.3 Å². The summed E-state index contributed by atoms with van der Waals surface area (Å²) in [5.74, 6) is -0.702. The van der Waals surface area contributed by atoms with E-state index in [1.807, 2.05) is 32.0 Å². The molecule has 22 heavy (non-hydrogen) atoms. The number of carbonyl (C=O) groups excluding carboxylic acids is 1. The van der Waals surface area contributed by atoms with Gasteiger partial charge in [-0.15, -0.1) is 0 Å². The van der Waals surface area contributed by atoms with Gasteiger partial charge in [0.05, 0.1) is 5.69 Å². The highest BCUT2D eigenvalue weighted by molar-refractivity contribution is 6.05. The number of anilines is 2. The van der Waals surface area contributed by atoms with Crippen LogP contribution in [0.2, 0.25) is 0 Å². The van der Waals surface area contributed by atoms with Crippen LogP contribution in [0.5, 0.6) is 0 Å². The molecule has 0 unspecified atom stereocenters. The molecule has 0 radical (unpaired) electrons. The molecule has 2 rings (SSSR count). The number of nitrogens with one attached hydrogen (secondary N) is 1. The number of carbonyl (C=O) groups is 1. The second-order valence-electron chi connectivity index (χ2n) is 5.48. The lowest BCUT2D eigenvalue weighted by Gasteiger charge is -2.15. The van der Waals surface area contributed by atoms with Crippen molar-refractivity contribution in [2.45, 2.75) is 20.3 Å². The number of benzene rings is 2. The van der Waals surface area contributed by atoms with E-state index in [0.29, 0.717) is 11.3 Å². The van der Waals surface area contributed by atoms with Crippen molar-refractivity contribution in [3.05, 3.63) is 58.9 Å². The second-order valence-corrected chi connectivity index (χ2v) is 5.48. The average molecular weight is 300 g/mol. The van der Waals surface area contributed by atoms with Gasteiger partial charge in [-0.3, -0.25) is 4.79 Å². The Bertz CT molecular complexity index is 695. The Morgan fingerprint density at radius 3 is 2.55 bits per heavy atom. The first-order chi connectivity index (χ1) is 10.4. The maximum Gasteiger partial charge on any atom is 0.255 e. The molecule has 0 bridgehead atoms. The molecule has 2 aromatic rings. The molecule has 3 nitrogen and oxygen atoms in total. The van der Waals surface area contributed by atoms with Crippen LogP contribution in [-0.2, 0) is 6.42 Å². The molecule has 0 fully saturated rings. The summed E-state index contributed by atoms with van der Waals surface area (Å²) in [6.07, 6.45) is 0.825. The van der Waals surface area contributed by atoms with Gasteiger partial charge in [0.2, 0.25) is 0 Å². The summed E-state index contributed by atoms with van der Waals surface area (Å²) in [7, 11) is 3.53. The smallest absolute Gasteiger partial charge is 0.255 e. The summed E-state index contributed by atoms with van der Waals surface area (Å²) in [6, 6.07) is 10.4. The summed E-state index contributed by atoms with van der Waals surface area (Å²) in [4.78, 5) is 14.1. The second kappa shape index (κ2) is 6.60. The number of hydrogen-bond acceptors (Lipinski definition) is 2. The Balaban J connectivity index is 2.29. The number of rotatable bonds is 4. The van der Waals surface area contributed by atoms with E-state index in [4.69, 9.17) is 0 Å². The van der Waals surface area contributed by atoms with E-state index in [1.54, 1.807) is 31.1 Å². The third-order valence-electron chi connectivity index (χ3n) is 3.67. The van der Waals surface area contributed by atoms with E-state index in [0.717, 1.165) is 23.2 Å². The third-order valence-corrected chi connectivity index (χ3v) is 3.67. The molecule has 2 aromatic carbocycles. The zero-order chi connectivity index (χ0) is 16.3. The van der Waals surface area contributed by atoms with E-state index < -0.39 is 5.82 Å². The van der Waals surface area contributed by atoms with Gasteiger partial charge in [0.25, 0.3) is 5.91 Å². The lowest BCUT2D eigenvalue weighted by atomic mass is 10.1. The van der Waals surface area contributed by atoms with Crippen LogP contribution in [0, 0.1) is 12.7 Å². The van der Waals surface area contributed by atoms with Crippen molar-refractivity contribution < 1.29 is 9.18 Å². The van der Waals surface area contributed by atoms with Crippen molar-refractivity contribution in [2.24, 2.45) is 0 Å². The van der Waals surface area contributed by atoms with Crippen LogP contribution < -0.4 is 10.2 Å². The van der Waals surface area contributed by atoms with Gasteiger partial charge in [-0.05, 0) is 42.7 Å². The van der Waals surface area contributed by atoms with Crippen molar-refractivity contribution in [1.82, 2.24) is 0 Å². The third kappa shape index (κ3) is 3.27. The monoisotopic (exact) mass is 300 g/mol. The fourth-order valence-corrected chi connectivity index (χ4v) is 2.40. The fraction of sp³-hybridized carbons (Fsp3) is 0.278. The number of amides is 1. The van der Waals surface area contributed by atoms with Gasteiger partial charge in [-0.2, -0.15) is 0 Å². The minimum atomic E-state index is -0.404. The van der Waals surface area contributed by atoms with Crippen molar-refractivity contribution in [3.63, 3.8) is 0 Å². The van der Waals surface area contributed by atoms with Gasteiger partial charge < -0.3 is 10.2 Å². The Labute approximate surface area is 130 Å². The molecular weight excluding hydrogens is 279 g/mol. The van der Waals surface area contributed by atoms with Crippen molar-refractivity contribution in [2.75, 3.05) is 24.3 Å². The lowest BCUT2D eigenvalue weighted by Crippen LogP contribution is -2.16. The van der Waals surface area contributed by atoms with E-state index in [1.165, 1.54) is 6.07 Å². The molecule has 0 atom stereocenters. The quantitative estimate of drug-likeness (QED) is 0.925. The highest BCUT2D eigenvalue weighted by Gasteiger charge is 2.13. The van der Waals surface area contributed by atoms with Gasteiger partial charge in [-0.1, -0.05) is 25.1 Å². The van der Waals surface area contributed by atoms with Crippen LogP contribution in [-0.4, -0.2) is 20.0 Å². The molecule has 0 saturated heterocycles. The summed E-state index contributed by atoms with van der Waals surface area (Å²) in [6.45, 7) is 3.99. The molecular formula is C18H21FN2O. The number of para-hydroxylation sites is 1. The predicted molar refractivity (Wildman–Crippen MR) is 89.2 cm³/mol. The first-order valence-corrected chi connectivity index (χ1v) is 7.30. The molecule has 116 valence electrons. The Morgan fingerprint density at radius 2 is 1.95 bits per heavy atom. The standard InChI is InChI=1S/C18H21FN2O/c1-5-13-8-6-7-12(2)17(13)20-18(22)14-9-10-16(21(3)4)15(19)11-14/h6-11H,5H2,1-4H3,(H,20,22). The molecule has 1 amide bonds. The highest BCUT2D eigenvalue weighted by Crippen LogP contribution is 2.23. The van der Waals surface area contributed by atoms with Crippen LogP contribution in [0.4, 0.5) is 15.8 Å². The summed E-state index contributed by atoms with van der Waals surface area (Å²) >= 11 is 0. The van der Waals surface area contributed by atoms with E-state index in [-0.39, 0.29) is 5.91 Å². The first kappa shape index (κ1) is 16.0. The Hall–Kier alpha value is -2.36. The zero-order valence-electron chi connectivity index (χ0n) is 13.4. The molecule has 0 heterocycles. The summed E-state index contributed by atoms with van der Waals surface area (Å²) in [5, 5.41) is 2.90. The highest BCUT2D eigenvalue weighted by atomic mass is 19.1. The molecule has 0 saturated carbocycles. The minimum Gasteiger partial charge on any atom is -0.375 e. The normalized spacial score (nSPS) is 10.4. The van der Waals surface area contributed by atoms with Crippen LogP contribution >= 0.6 is 0 Å². The number of hydrogen-bond donors (Lipinski definition) is 1. The Morgan fingerprint density at radius 1 is 1.23 bits per heavy atom. The van der Waals surface area contributed by atoms with Gasteiger partial charge in [0.1, 0.15) is 5.82 Å². The SMILES string of the molecule is CCc1cccc(C)c1NC(=O)c1ccc(N(C)C)c(F)c1. The zero-order valence-corrected chi connectivity index (χ0v) is 13.4. The van der Waals surface area contributed by atoms with Crippen molar-refractivity contribution in [1.29, 1.82) is 0 Å². The van der Waals surface area contributed by atoms with E-state index in [9.17, 15) is 9.18 Å². The molecule has 0 aromatic heterocycles. The van der Waals surface area contributed by atoms with Gasteiger partial charge in [-0.25, -0.2) is 4.39 Å². The summed E-state index contributed by atoms with van der Waals surface area (Å²) < 4.78 is 14.0.